The summed E-state index contributed by atoms with van der Waals surface area (Å²) in [6, 6.07) is 0. The zero-order valence-electron chi connectivity index (χ0n) is 16.5. The SMILES string of the molecule is O.[H-].[H-].[H-].[H-].[H-].[H-].[H-].[H-].[Na+].[Na+].[Na+].[Na+].[Na+].[Na+].[Na+].[Na+]. The van der Waals surface area contributed by atoms with E-state index < -0.39 is 0 Å². The van der Waals surface area contributed by atoms with Crippen molar-refractivity contribution in [1.82, 2.24) is 0 Å². The first kappa shape index (κ1) is 68.2. The van der Waals surface area contributed by atoms with E-state index in [0.717, 1.165) is 0 Å². The Kier molecular flexibility index (Phi) is 427. The molecule has 0 atom stereocenters. The van der Waals surface area contributed by atoms with Crippen molar-refractivity contribution >= 4 is 0 Å². The minimum atomic E-state index is 0. The van der Waals surface area contributed by atoms with Gasteiger partial charge in [-0.05, 0) is 0 Å². The van der Waals surface area contributed by atoms with Gasteiger partial charge in [-0.1, -0.05) is 0 Å². The first-order valence-electron chi connectivity index (χ1n) is 0. The zero-order valence-corrected chi connectivity index (χ0v) is 24.5. The summed E-state index contributed by atoms with van der Waals surface area (Å²) in [4.78, 5) is 0. The molecule has 0 amide bonds. The summed E-state index contributed by atoms with van der Waals surface area (Å²) < 4.78 is 0. The van der Waals surface area contributed by atoms with E-state index in [2.05, 4.69) is 0 Å². The molecule has 0 unspecified atom stereocenters. The van der Waals surface area contributed by atoms with Crippen LogP contribution in [-0.2, 0) is 0 Å². The molecule has 0 spiro atoms. The fraction of sp³-hybridized carbons (Fsp3) is 0. The van der Waals surface area contributed by atoms with E-state index in [1.807, 2.05) is 0 Å². The Bertz CT molecular complexity index is 21.5. The van der Waals surface area contributed by atoms with Gasteiger partial charge in [-0.2, -0.15) is 0 Å². The minimum Gasteiger partial charge on any atom is -1.00 e. The molecule has 9 heavy (non-hydrogen) atoms. The molecule has 0 saturated carbocycles. The van der Waals surface area contributed by atoms with E-state index in [9.17, 15) is 0 Å². The van der Waals surface area contributed by atoms with Gasteiger partial charge in [0.25, 0.3) is 0 Å². The molecule has 9 heteroatoms. The molecule has 0 aliphatic heterocycles. The van der Waals surface area contributed by atoms with Crippen LogP contribution in [0, 0.1) is 0 Å². The predicted octanol–water partition coefficient (Wildman–Crippen LogP) is -23.9. The molecule has 0 fully saturated rings. The topological polar surface area (TPSA) is 31.5 Å². The van der Waals surface area contributed by atoms with Crippen molar-refractivity contribution in [2.45, 2.75) is 0 Å². The summed E-state index contributed by atoms with van der Waals surface area (Å²) in [5, 5.41) is 0. The molecule has 1 nitrogen and oxygen atoms in total. The number of hydrogen-bond donors (Lipinski definition) is 0. The predicted molar refractivity (Wildman–Crippen MR) is 12.5 cm³/mol. The molecule has 0 rings (SSSR count). The van der Waals surface area contributed by atoms with Gasteiger partial charge in [0.2, 0.25) is 0 Å². The molecule has 0 bridgehead atoms. The van der Waals surface area contributed by atoms with Crippen molar-refractivity contribution in [3.63, 3.8) is 0 Å². The number of rotatable bonds is 0. The molecule has 0 aliphatic rings. The summed E-state index contributed by atoms with van der Waals surface area (Å²) >= 11 is 0. The molecule has 0 aromatic heterocycles. The molecule has 0 heterocycles. The second-order valence-corrected chi connectivity index (χ2v) is 0. The molecule has 2 N–H and O–H groups in total. The smallest absolute Gasteiger partial charge is 1.00 e. The van der Waals surface area contributed by atoms with Gasteiger partial charge in [0.1, 0.15) is 0 Å². The van der Waals surface area contributed by atoms with Crippen molar-refractivity contribution in [3.8, 4) is 0 Å². The van der Waals surface area contributed by atoms with Gasteiger partial charge < -0.3 is 16.9 Å². The van der Waals surface area contributed by atoms with Gasteiger partial charge in [0.05, 0.1) is 0 Å². The summed E-state index contributed by atoms with van der Waals surface area (Å²) in [5.74, 6) is 0. The van der Waals surface area contributed by atoms with Gasteiger partial charge in [-0.15, -0.1) is 0 Å². The van der Waals surface area contributed by atoms with Gasteiger partial charge in [0, 0.05) is 0 Å². The minimum absolute atomic E-state index is 0. The monoisotopic (exact) mass is 210 g/mol. The molecule has 0 aliphatic carbocycles. The van der Waals surface area contributed by atoms with Crippen LogP contribution < -0.4 is 236 Å². The van der Waals surface area contributed by atoms with Crippen molar-refractivity contribution in [2.75, 3.05) is 0 Å². The Morgan fingerprint density at radius 1 is 0.333 bits per heavy atom. The molecular formula is H10Na8O. The van der Waals surface area contributed by atoms with Crippen molar-refractivity contribution in [2.24, 2.45) is 0 Å². The normalized spacial score (nSPS) is 0. The quantitative estimate of drug-likeness (QED) is 0.355. The summed E-state index contributed by atoms with van der Waals surface area (Å²) in [7, 11) is 0. The number of hydrogen-bond acceptors (Lipinski definition) is 0. The third-order valence-corrected chi connectivity index (χ3v) is 0. The Hall–Kier alpha value is 7.96. The molecule has 0 aromatic carbocycles. The molecule has 0 aromatic rings. The van der Waals surface area contributed by atoms with Crippen molar-refractivity contribution in [3.05, 3.63) is 0 Å². The van der Waals surface area contributed by atoms with Crippen LogP contribution in [-0.4, -0.2) is 5.48 Å². The van der Waals surface area contributed by atoms with E-state index in [-0.39, 0.29) is 253 Å². The van der Waals surface area contributed by atoms with Crippen LogP contribution in [0.2, 0.25) is 0 Å². The van der Waals surface area contributed by atoms with E-state index >= 15 is 0 Å². The van der Waals surface area contributed by atoms with E-state index in [1.165, 1.54) is 0 Å². The summed E-state index contributed by atoms with van der Waals surface area (Å²) in [5.41, 5.74) is 0. The van der Waals surface area contributed by atoms with Gasteiger partial charge in [-0.25, -0.2) is 0 Å². The zero-order chi connectivity index (χ0) is 0. The Morgan fingerprint density at radius 3 is 0.333 bits per heavy atom. The Labute approximate surface area is 246 Å². The van der Waals surface area contributed by atoms with Crippen LogP contribution in [0.5, 0.6) is 0 Å². The molecule has 24 valence electrons. The molecule has 0 radical (unpaired) electrons. The first-order chi connectivity index (χ1) is 0. The molecular weight excluding hydrogens is 200 g/mol. The second-order valence-electron chi connectivity index (χ2n) is 0. The first-order valence-corrected chi connectivity index (χ1v) is 0. The fourth-order valence-corrected chi connectivity index (χ4v) is 0. The van der Waals surface area contributed by atoms with Crippen molar-refractivity contribution in [1.29, 1.82) is 0 Å². The maximum atomic E-state index is 0. The van der Waals surface area contributed by atoms with Gasteiger partial charge >= 0.3 is 236 Å². The third-order valence-electron chi connectivity index (χ3n) is 0. The van der Waals surface area contributed by atoms with E-state index in [4.69, 9.17) is 0 Å². The Morgan fingerprint density at radius 2 is 0.333 bits per heavy atom. The largest absolute Gasteiger partial charge is 1.00 e. The fourth-order valence-electron chi connectivity index (χ4n) is 0. The average molecular weight is 210 g/mol. The van der Waals surface area contributed by atoms with Crippen LogP contribution in [0.25, 0.3) is 0 Å². The summed E-state index contributed by atoms with van der Waals surface area (Å²) in [6.07, 6.45) is 0. The van der Waals surface area contributed by atoms with E-state index in [0.29, 0.717) is 0 Å². The maximum Gasteiger partial charge on any atom is 1.00 e. The van der Waals surface area contributed by atoms with Crippen LogP contribution in [0.4, 0.5) is 0 Å². The van der Waals surface area contributed by atoms with E-state index in [1.54, 1.807) is 0 Å². The average Bonchev–Trinajstić information content (AvgIpc) is 0. The van der Waals surface area contributed by atoms with Gasteiger partial charge in [0.15, 0.2) is 0 Å². The third kappa shape index (κ3) is 49.1. The second kappa shape index (κ2) is 56.4. The Balaban J connectivity index is 0. The molecule has 0 saturated heterocycles. The van der Waals surface area contributed by atoms with Crippen LogP contribution in [0.3, 0.4) is 0 Å². The van der Waals surface area contributed by atoms with Crippen LogP contribution in [0.1, 0.15) is 11.4 Å². The van der Waals surface area contributed by atoms with Crippen LogP contribution >= 0.6 is 0 Å². The van der Waals surface area contributed by atoms with Crippen LogP contribution in [0.15, 0.2) is 0 Å². The standard InChI is InChI=1S/8Na.H2O.8H/h;;;;;;;;1H2;;;;;;;;/q8*+1;;8*-1. The van der Waals surface area contributed by atoms with Gasteiger partial charge in [-0.3, -0.25) is 0 Å². The summed E-state index contributed by atoms with van der Waals surface area (Å²) in [6.45, 7) is 0. The van der Waals surface area contributed by atoms with Crippen molar-refractivity contribution < 1.29 is 253 Å². The maximum absolute atomic E-state index is 0.